The molecule has 0 aliphatic carbocycles. The third-order valence-corrected chi connectivity index (χ3v) is 3.80. The largest absolute Gasteiger partial charge is 0.337 e. The Morgan fingerprint density at radius 1 is 1.39 bits per heavy atom. The average Bonchev–Trinajstić information content (AvgIpc) is 2.91. The minimum absolute atomic E-state index is 0.0847. The second-order valence-corrected chi connectivity index (χ2v) is 5.31. The molecule has 1 aliphatic heterocycles. The first-order valence-corrected chi connectivity index (χ1v) is 7.20. The van der Waals surface area contributed by atoms with Gasteiger partial charge in [0.05, 0.1) is 6.54 Å². The summed E-state index contributed by atoms with van der Waals surface area (Å²) >= 11 is 1.65. The van der Waals surface area contributed by atoms with Gasteiger partial charge in [-0.2, -0.15) is 0 Å². The van der Waals surface area contributed by atoms with E-state index >= 15 is 0 Å². The Hall–Kier alpha value is -1.11. The summed E-state index contributed by atoms with van der Waals surface area (Å²) in [6.07, 6.45) is 0. The zero-order valence-electron chi connectivity index (χ0n) is 10.4. The minimum atomic E-state index is -0.0847. The lowest BCUT2D eigenvalue weighted by Crippen LogP contribution is -2.47. The number of nitrogens with one attached hydrogen (secondary N) is 3. The first-order chi connectivity index (χ1) is 8.84. The van der Waals surface area contributed by atoms with Gasteiger partial charge in [-0.1, -0.05) is 6.07 Å². The quantitative estimate of drug-likeness (QED) is 0.727. The van der Waals surface area contributed by atoms with Crippen LogP contribution in [0.25, 0.3) is 0 Å². The van der Waals surface area contributed by atoms with Crippen LogP contribution >= 0.6 is 11.3 Å². The number of hydrogen-bond donors (Lipinski definition) is 3. The molecule has 2 amide bonds. The van der Waals surface area contributed by atoms with Crippen LogP contribution < -0.4 is 16.0 Å². The van der Waals surface area contributed by atoms with Crippen LogP contribution in [0.2, 0.25) is 0 Å². The number of piperazine rings is 1. The van der Waals surface area contributed by atoms with Crippen molar-refractivity contribution < 1.29 is 4.79 Å². The Morgan fingerprint density at radius 3 is 2.94 bits per heavy atom. The lowest BCUT2D eigenvalue weighted by atomic mass is 10.3. The molecule has 100 valence electrons. The maximum Gasteiger partial charge on any atom is 0.315 e. The third-order valence-electron chi connectivity index (χ3n) is 2.93. The van der Waals surface area contributed by atoms with Gasteiger partial charge in [0.25, 0.3) is 0 Å². The molecule has 3 N–H and O–H groups in total. The molecule has 0 saturated carbocycles. The summed E-state index contributed by atoms with van der Waals surface area (Å²) < 4.78 is 0. The molecule has 0 bridgehead atoms. The Kier molecular flexibility index (Phi) is 5.44. The van der Waals surface area contributed by atoms with Crippen molar-refractivity contribution >= 4 is 17.4 Å². The van der Waals surface area contributed by atoms with E-state index in [1.54, 1.807) is 11.3 Å². The molecule has 1 saturated heterocycles. The highest BCUT2D eigenvalue weighted by molar-refractivity contribution is 7.09. The number of thiophene rings is 1. The van der Waals surface area contributed by atoms with E-state index in [1.807, 2.05) is 17.5 Å². The number of amides is 2. The van der Waals surface area contributed by atoms with Gasteiger partial charge >= 0.3 is 6.03 Å². The maximum absolute atomic E-state index is 11.5. The van der Waals surface area contributed by atoms with Crippen LogP contribution in [0.3, 0.4) is 0 Å². The first-order valence-electron chi connectivity index (χ1n) is 6.32. The molecular formula is C12H20N4OS. The minimum Gasteiger partial charge on any atom is -0.337 e. The Labute approximate surface area is 112 Å². The lowest BCUT2D eigenvalue weighted by molar-refractivity contribution is 0.227. The molecular weight excluding hydrogens is 248 g/mol. The van der Waals surface area contributed by atoms with Gasteiger partial charge < -0.3 is 16.0 Å². The van der Waals surface area contributed by atoms with Gasteiger partial charge in [-0.15, -0.1) is 11.3 Å². The molecule has 5 nitrogen and oxygen atoms in total. The highest BCUT2D eigenvalue weighted by Gasteiger charge is 2.09. The van der Waals surface area contributed by atoms with E-state index in [9.17, 15) is 4.79 Å². The topological polar surface area (TPSA) is 56.4 Å². The van der Waals surface area contributed by atoms with E-state index in [0.717, 1.165) is 32.7 Å². The number of urea groups is 1. The van der Waals surface area contributed by atoms with Crippen molar-refractivity contribution in [1.29, 1.82) is 0 Å². The third kappa shape index (κ3) is 4.64. The first kappa shape index (κ1) is 13.3. The normalized spacial score (nSPS) is 16.4. The smallest absolute Gasteiger partial charge is 0.315 e. The Balaban J connectivity index is 1.54. The van der Waals surface area contributed by atoms with Crippen molar-refractivity contribution in [3.63, 3.8) is 0 Å². The van der Waals surface area contributed by atoms with E-state index in [4.69, 9.17) is 0 Å². The van der Waals surface area contributed by atoms with Crippen LogP contribution in [0.5, 0.6) is 0 Å². The van der Waals surface area contributed by atoms with Crippen molar-refractivity contribution in [3.8, 4) is 0 Å². The average molecular weight is 268 g/mol. The van der Waals surface area contributed by atoms with Gasteiger partial charge in [0.1, 0.15) is 0 Å². The van der Waals surface area contributed by atoms with E-state index in [1.165, 1.54) is 4.88 Å². The SMILES string of the molecule is O=C(NCCN1CCNCC1)NCc1cccs1. The highest BCUT2D eigenvalue weighted by atomic mass is 32.1. The van der Waals surface area contributed by atoms with Gasteiger partial charge in [-0.25, -0.2) is 4.79 Å². The number of hydrogen-bond acceptors (Lipinski definition) is 4. The molecule has 2 rings (SSSR count). The molecule has 1 aromatic heterocycles. The number of rotatable bonds is 5. The fraction of sp³-hybridized carbons (Fsp3) is 0.583. The summed E-state index contributed by atoms with van der Waals surface area (Å²) in [6.45, 7) is 6.47. The summed E-state index contributed by atoms with van der Waals surface area (Å²) in [7, 11) is 0. The van der Waals surface area contributed by atoms with Gasteiger partial charge in [-0.3, -0.25) is 4.90 Å². The molecule has 6 heteroatoms. The molecule has 2 heterocycles. The maximum atomic E-state index is 11.5. The zero-order chi connectivity index (χ0) is 12.6. The van der Waals surface area contributed by atoms with E-state index < -0.39 is 0 Å². The number of carbonyl (C=O) groups excluding carboxylic acids is 1. The van der Waals surface area contributed by atoms with Gasteiger partial charge in [0.2, 0.25) is 0 Å². The summed E-state index contributed by atoms with van der Waals surface area (Å²) in [5, 5.41) is 11.1. The summed E-state index contributed by atoms with van der Waals surface area (Å²) in [6, 6.07) is 3.92. The van der Waals surface area contributed by atoms with E-state index in [-0.39, 0.29) is 6.03 Å². The second kappa shape index (κ2) is 7.35. The summed E-state index contributed by atoms with van der Waals surface area (Å²) in [5.41, 5.74) is 0. The van der Waals surface area contributed by atoms with Gasteiger partial charge in [0, 0.05) is 44.1 Å². The van der Waals surface area contributed by atoms with Crippen molar-refractivity contribution in [2.24, 2.45) is 0 Å². The van der Waals surface area contributed by atoms with Crippen LogP contribution in [0.4, 0.5) is 4.79 Å². The van der Waals surface area contributed by atoms with E-state index in [0.29, 0.717) is 13.1 Å². The van der Waals surface area contributed by atoms with Gasteiger partial charge in [0.15, 0.2) is 0 Å². The molecule has 0 radical (unpaired) electrons. The molecule has 0 atom stereocenters. The Morgan fingerprint density at radius 2 is 2.22 bits per heavy atom. The highest BCUT2D eigenvalue weighted by Crippen LogP contribution is 2.06. The number of carbonyl (C=O) groups is 1. The monoisotopic (exact) mass is 268 g/mol. The molecule has 0 spiro atoms. The second-order valence-electron chi connectivity index (χ2n) is 4.28. The predicted octanol–water partition coefficient (Wildman–Crippen LogP) is 0.453. The molecule has 1 aromatic rings. The predicted molar refractivity (Wildman–Crippen MR) is 73.9 cm³/mol. The summed E-state index contributed by atoms with van der Waals surface area (Å²) in [4.78, 5) is 15.1. The molecule has 0 aromatic carbocycles. The molecule has 1 aliphatic rings. The van der Waals surface area contributed by atoms with Crippen LogP contribution in [-0.4, -0.2) is 50.2 Å². The number of nitrogens with zero attached hydrogens (tertiary/aromatic N) is 1. The summed E-state index contributed by atoms with van der Waals surface area (Å²) in [5.74, 6) is 0. The van der Waals surface area contributed by atoms with Crippen molar-refractivity contribution in [3.05, 3.63) is 22.4 Å². The van der Waals surface area contributed by atoms with Crippen LogP contribution in [0.1, 0.15) is 4.88 Å². The zero-order valence-corrected chi connectivity index (χ0v) is 11.3. The van der Waals surface area contributed by atoms with Crippen LogP contribution in [-0.2, 0) is 6.54 Å². The lowest BCUT2D eigenvalue weighted by Gasteiger charge is -2.27. The van der Waals surface area contributed by atoms with Gasteiger partial charge in [-0.05, 0) is 11.4 Å². The molecule has 18 heavy (non-hydrogen) atoms. The fourth-order valence-corrected chi connectivity index (χ4v) is 2.55. The van der Waals surface area contributed by atoms with Crippen molar-refractivity contribution in [2.75, 3.05) is 39.3 Å². The molecule has 1 fully saturated rings. The Bertz CT molecular complexity index is 349. The van der Waals surface area contributed by atoms with E-state index in [2.05, 4.69) is 20.9 Å². The van der Waals surface area contributed by atoms with Crippen molar-refractivity contribution in [1.82, 2.24) is 20.9 Å². The van der Waals surface area contributed by atoms with Crippen LogP contribution in [0, 0.1) is 0 Å². The fourth-order valence-electron chi connectivity index (χ4n) is 1.91. The standard InChI is InChI=1S/C12H20N4OS/c17-12(15-10-11-2-1-9-18-11)14-5-8-16-6-3-13-4-7-16/h1-2,9,13H,3-8,10H2,(H2,14,15,17). The van der Waals surface area contributed by atoms with Crippen LogP contribution in [0.15, 0.2) is 17.5 Å². The van der Waals surface area contributed by atoms with Crippen molar-refractivity contribution in [2.45, 2.75) is 6.54 Å². The molecule has 0 unspecified atom stereocenters.